The number of carbonyl (C=O) groups is 1. The topological polar surface area (TPSA) is 88.0 Å². The first kappa shape index (κ1) is 21.4. The number of carbonyl (C=O) groups excluding carboxylic acids is 1. The maximum atomic E-state index is 11.5. The summed E-state index contributed by atoms with van der Waals surface area (Å²) in [5, 5.41) is 23.5. The number of hydrogen-bond donors (Lipinski definition) is 3. The van der Waals surface area contributed by atoms with Crippen LogP contribution in [0.25, 0.3) is 0 Å². The molecule has 29 heavy (non-hydrogen) atoms. The summed E-state index contributed by atoms with van der Waals surface area (Å²) in [6, 6.07) is 10.8. The molecule has 0 aliphatic heterocycles. The lowest BCUT2D eigenvalue weighted by atomic mass is 9.88. The van der Waals surface area contributed by atoms with Gasteiger partial charge >= 0.3 is 5.97 Å². The highest BCUT2D eigenvalue weighted by Crippen LogP contribution is 2.28. The van der Waals surface area contributed by atoms with Crippen molar-refractivity contribution in [2.24, 2.45) is 0 Å². The van der Waals surface area contributed by atoms with Crippen LogP contribution < -0.4 is 10.1 Å². The molecule has 0 fully saturated rings. The molecule has 0 saturated carbocycles. The number of hydrogen-bond acceptors (Lipinski definition) is 6. The average molecular weight is 420 g/mol. The van der Waals surface area contributed by atoms with Crippen molar-refractivity contribution in [3.05, 3.63) is 58.1 Å². The van der Waals surface area contributed by atoms with Gasteiger partial charge in [-0.1, -0.05) is 23.7 Å². The van der Waals surface area contributed by atoms with Gasteiger partial charge in [0.25, 0.3) is 0 Å². The largest absolute Gasteiger partial charge is 0.506 e. The van der Waals surface area contributed by atoms with Gasteiger partial charge in [0.2, 0.25) is 0 Å². The van der Waals surface area contributed by atoms with Crippen molar-refractivity contribution >= 4 is 17.6 Å². The van der Waals surface area contributed by atoms with Crippen LogP contribution in [-0.4, -0.2) is 42.0 Å². The van der Waals surface area contributed by atoms with Crippen molar-refractivity contribution in [3.63, 3.8) is 0 Å². The molecule has 0 aromatic heterocycles. The van der Waals surface area contributed by atoms with E-state index in [-0.39, 0.29) is 29.4 Å². The summed E-state index contributed by atoms with van der Waals surface area (Å²) in [4.78, 5) is 11.5. The van der Waals surface area contributed by atoms with Crippen LogP contribution in [0.1, 0.15) is 36.1 Å². The summed E-state index contributed by atoms with van der Waals surface area (Å²) in [5.41, 5.74) is 3.11. The number of aryl methyl sites for hydroxylation is 1. The van der Waals surface area contributed by atoms with Crippen LogP contribution in [-0.2, 0) is 22.4 Å². The molecular formula is C22H26ClNO5. The fraction of sp³-hybridized carbons (Fsp3) is 0.409. The van der Waals surface area contributed by atoms with Crippen LogP contribution in [0.4, 0.5) is 0 Å². The minimum atomic E-state index is -0.714. The molecule has 1 unspecified atom stereocenters. The highest BCUT2D eigenvalue weighted by Gasteiger charge is 2.20. The molecule has 0 saturated heterocycles. The van der Waals surface area contributed by atoms with Crippen LogP contribution in [0.15, 0.2) is 36.4 Å². The van der Waals surface area contributed by atoms with E-state index in [1.165, 1.54) is 17.2 Å². The number of halogens is 1. The zero-order valence-corrected chi connectivity index (χ0v) is 17.1. The Hall–Kier alpha value is -2.28. The second-order valence-corrected chi connectivity index (χ2v) is 7.51. The van der Waals surface area contributed by atoms with E-state index in [4.69, 9.17) is 21.1 Å². The Bertz CT molecular complexity index is 857. The zero-order valence-electron chi connectivity index (χ0n) is 16.4. The smallest absolute Gasteiger partial charge is 0.344 e. The fourth-order valence-corrected chi connectivity index (χ4v) is 3.66. The zero-order chi connectivity index (χ0) is 20.8. The maximum absolute atomic E-state index is 11.5. The number of benzene rings is 2. The van der Waals surface area contributed by atoms with Crippen molar-refractivity contribution in [3.8, 4) is 11.5 Å². The predicted octanol–water partition coefficient (Wildman–Crippen LogP) is 3.17. The number of aliphatic hydroxyl groups excluding tert-OH is 1. The monoisotopic (exact) mass is 419 g/mol. The van der Waals surface area contributed by atoms with E-state index < -0.39 is 6.10 Å². The summed E-state index contributed by atoms with van der Waals surface area (Å²) < 4.78 is 10.4. The SMILES string of the molecule is CCOC(=O)COc1ccc2c(c1)CC(NC[C@@H](O)c1ccc(O)c(Cl)c1)CC2. The third kappa shape index (κ3) is 5.85. The number of rotatable bonds is 8. The summed E-state index contributed by atoms with van der Waals surface area (Å²) in [7, 11) is 0. The first-order chi connectivity index (χ1) is 14.0. The first-order valence-corrected chi connectivity index (χ1v) is 10.1. The van der Waals surface area contributed by atoms with Gasteiger partial charge in [0.15, 0.2) is 6.61 Å². The number of ether oxygens (including phenoxy) is 2. The van der Waals surface area contributed by atoms with Crippen LogP contribution in [0, 0.1) is 0 Å². The lowest BCUT2D eigenvalue weighted by molar-refractivity contribution is -0.145. The number of esters is 1. The lowest BCUT2D eigenvalue weighted by Gasteiger charge is -2.27. The Morgan fingerprint density at radius 3 is 2.86 bits per heavy atom. The second kappa shape index (κ2) is 9.96. The number of phenolic OH excluding ortho intramolecular Hbond substituents is 1. The Kier molecular flexibility index (Phi) is 7.36. The molecule has 0 heterocycles. The Labute approximate surface area is 175 Å². The molecule has 6 nitrogen and oxygen atoms in total. The van der Waals surface area contributed by atoms with Crippen LogP contribution >= 0.6 is 11.6 Å². The van der Waals surface area contributed by atoms with E-state index >= 15 is 0 Å². The minimum Gasteiger partial charge on any atom is -0.506 e. The van der Waals surface area contributed by atoms with E-state index in [1.54, 1.807) is 19.1 Å². The molecule has 0 radical (unpaired) electrons. The van der Waals surface area contributed by atoms with Gasteiger partial charge in [0.1, 0.15) is 11.5 Å². The summed E-state index contributed by atoms with van der Waals surface area (Å²) in [6.07, 6.45) is 2.01. The molecule has 0 bridgehead atoms. The molecule has 2 aromatic rings. The molecule has 1 aliphatic carbocycles. The molecule has 156 valence electrons. The van der Waals surface area contributed by atoms with Crippen molar-refractivity contribution in [2.45, 2.75) is 38.3 Å². The van der Waals surface area contributed by atoms with Crippen molar-refractivity contribution in [2.75, 3.05) is 19.8 Å². The van der Waals surface area contributed by atoms with Crippen LogP contribution in [0.5, 0.6) is 11.5 Å². The molecule has 3 N–H and O–H groups in total. The minimum absolute atomic E-state index is 0.000410. The molecule has 1 aliphatic rings. The van der Waals surface area contributed by atoms with Gasteiger partial charge in [0, 0.05) is 12.6 Å². The van der Waals surface area contributed by atoms with E-state index in [1.807, 2.05) is 18.2 Å². The van der Waals surface area contributed by atoms with E-state index in [9.17, 15) is 15.0 Å². The average Bonchev–Trinajstić information content (AvgIpc) is 2.72. The standard InChI is InChI=1S/C22H26ClNO5/c1-2-28-22(27)13-29-18-7-4-14-3-6-17(9-16(14)10-18)24-12-21(26)15-5-8-20(25)19(23)11-15/h4-5,7-8,10-11,17,21,24-26H,2-3,6,9,12-13H2,1H3/t17?,21-/m1/s1. The highest BCUT2D eigenvalue weighted by atomic mass is 35.5. The molecule has 2 atom stereocenters. The number of aliphatic hydroxyl groups is 1. The van der Waals surface area contributed by atoms with E-state index in [0.717, 1.165) is 19.3 Å². The molecule has 7 heteroatoms. The second-order valence-electron chi connectivity index (χ2n) is 7.10. The number of nitrogens with one attached hydrogen (secondary N) is 1. The maximum Gasteiger partial charge on any atom is 0.344 e. The van der Waals surface area contributed by atoms with Gasteiger partial charge in [0.05, 0.1) is 17.7 Å². The van der Waals surface area contributed by atoms with E-state index in [2.05, 4.69) is 5.32 Å². The van der Waals surface area contributed by atoms with Crippen molar-refractivity contribution in [1.82, 2.24) is 5.32 Å². The quantitative estimate of drug-likeness (QED) is 0.569. The molecular weight excluding hydrogens is 394 g/mol. The summed E-state index contributed by atoms with van der Waals surface area (Å²) in [6.45, 7) is 2.38. The van der Waals surface area contributed by atoms with Gasteiger partial charge in [-0.2, -0.15) is 0 Å². The third-order valence-corrected chi connectivity index (χ3v) is 5.33. The molecule has 2 aromatic carbocycles. The molecule has 0 spiro atoms. The van der Waals surface area contributed by atoms with Crippen molar-refractivity contribution < 1.29 is 24.5 Å². The van der Waals surface area contributed by atoms with Gasteiger partial charge in [-0.25, -0.2) is 4.79 Å². The predicted molar refractivity (Wildman–Crippen MR) is 110 cm³/mol. The Balaban J connectivity index is 1.54. The van der Waals surface area contributed by atoms with Gasteiger partial charge in [-0.15, -0.1) is 0 Å². The lowest BCUT2D eigenvalue weighted by Crippen LogP contribution is -2.37. The Morgan fingerprint density at radius 1 is 1.28 bits per heavy atom. The van der Waals surface area contributed by atoms with E-state index in [0.29, 0.717) is 24.5 Å². The van der Waals surface area contributed by atoms with Gasteiger partial charge < -0.3 is 25.0 Å². The van der Waals surface area contributed by atoms with Gasteiger partial charge in [-0.05, 0) is 67.1 Å². The normalized spacial score (nSPS) is 16.7. The molecule has 3 rings (SSSR count). The summed E-state index contributed by atoms with van der Waals surface area (Å²) in [5.74, 6) is 0.268. The Morgan fingerprint density at radius 2 is 2.10 bits per heavy atom. The number of fused-ring (bicyclic) bond motifs is 1. The number of aromatic hydroxyl groups is 1. The van der Waals surface area contributed by atoms with Gasteiger partial charge in [-0.3, -0.25) is 0 Å². The number of phenols is 1. The first-order valence-electron chi connectivity index (χ1n) is 9.76. The van der Waals surface area contributed by atoms with Crippen LogP contribution in [0.3, 0.4) is 0 Å². The fourth-order valence-electron chi connectivity index (χ4n) is 3.47. The third-order valence-electron chi connectivity index (χ3n) is 5.02. The summed E-state index contributed by atoms with van der Waals surface area (Å²) >= 11 is 5.92. The van der Waals surface area contributed by atoms with Crippen LogP contribution in [0.2, 0.25) is 5.02 Å². The highest BCUT2D eigenvalue weighted by molar-refractivity contribution is 6.32. The van der Waals surface area contributed by atoms with Crippen molar-refractivity contribution in [1.29, 1.82) is 0 Å². The molecule has 0 amide bonds.